The lowest BCUT2D eigenvalue weighted by Crippen LogP contribution is -2.42. The summed E-state index contributed by atoms with van der Waals surface area (Å²) >= 11 is 0. The second-order valence-corrected chi connectivity index (χ2v) is 5.01. The minimum atomic E-state index is -1.11. The van der Waals surface area contributed by atoms with E-state index in [0.29, 0.717) is 6.42 Å². The van der Waals surface area contributed by atoms with Crippen LogP contribution in [0.5, 0.6) is 0 Å². The van der Waals surface area contributed by atoms with Crippen molar-refractivity contribution in [2.24, 2.45) is 5.92 Å². The van der Waals surface area contributed by atoms with Gasteiger partial charge in [0.2, 0.25) is 5.91 Å². The fourth-order valence-electron chi connectivity index (χ4n) is 1.77. The van der Waals surface area contributed by atoms with Crippen molar-refractivity contribution in [1.82, 2.24) is 5.32 Å². The van der Waals surface area contributed by atoms with Crippen molar-refractivity contribution < 1.29 is 23.5 Å². The van der Waals surface area contributed by atoms with Crippen molar-refractivity contribution in [1.29, 1.82) is 0 Å². The highest BCUT2D eigenvalue weighted by Crippen LogP contribution is 2.10. The first-order valence-electron chi connectivity index (χ1n) is 6.25. The lowest BCUT2D eigenvalue weighted by Gasteiger charge is -2.16. The molecule has 0 heterocycles. The molecule has 0 bridgehead atoms. The van der Waals surface area contributed by atoms with Crippen molar-refractivity contribution in [3.63, 3.8) is 0 Å². The molecule has 1 amide bonds. The van der Waals surface area contributed by atoms with Crippen LogP contribution in [0.3, 0.4) is 0 Å². The zero-order chi connectivity index (χ0) is 15.3. The Balaban J connectivity index is 2.65. The smallest absolute Gasteiger partial charge is 0.326 e. The van der Waals surface area contributed by atoms with E-state index in [1.807, 2.05) is 13.8 Å². The Morgan fingerprint density at radius 1 is 1.25 bits per heavy atom. The van der Waals surface area contributed by atoms with Crippen LogP contribution in [0.15, 0.2) is 18.2 Å². The van der Waals surface area contributed by atoms with Gasteiger partial charge in [0.05, 0.1) is 6.42 Å². The fourth-order valence-corrected chi connectivity index (χ4v) is 1.77. The molecule has 110 valence electrons. The Morgan fingerprint density at radius 3 is 2.40 bits per heavy atom. The van der Waals surface area contributed by atoms with Crippen LogP contribution < -0.4 is 5.32 Å². The Hall–Kier alpha value is -1.98. The number of carboxylic acid groups (broad SMARTS) is 1. The van der Waals surface area contributed by atoms with E-state index < -0.39 is 29.6 Å². The SMILES string of the molecule is CC(C)C[C@H](NC(=O)Cc1ccc(F)c(F)c1)C(=O)O. The average molecular weight is 285 g/mol. The van der Waals surface area contributed by atoms with Gasteiger partial charge in [-0.25, -0.2) is 13.6 Å². The predicted molar refractivity (Wildman–Crippen MR) is 69.1 cm³/mol. The van der Waals surface area contributed by atoms with E-state index in [4.69, 9.17) is 5.11 Å². The van der Waals surface area contributed by atoms with Gasteiger partial charge >= 0.3 is 5.97 Å². The molecule has 0 saturated carbocycles. The average Bonchev–Trinajstić information content (AvgIpc) is 2.32. The number of nitrogens with one attached hydrogen (secondary N) is 1. The Kier molecular flexibility index (Phi) is 5.61. The van der Waals surface area contributed by atoms with E-state index in [0.717, 1.165) is 12.1 Å². The molecule has 0 aliphatic rings. The zero-order valence-corrected chi connectivity index (χ0v) is 11.3. The van der Waals surface area contributed by atoms with Gasteiger partial charge in [0, 0.05) is 0 Å². The molecule has 1 aromatic carbocycles. The maximum atomic E-state index is 13.0. The predicted octanol–water partition coefficient (Wildman–Crippen LogP) is 2.12. The van der Waals surface area contributed by atoms with Crippen LogP contribution in [-0.2, 0) is 16.0 Å². The number of benzene rings is 1. The Morgan fingerprint density at radius 2 is 1.90 bits per heavy atom. The molecule has 6 heteroatoms. The summed E-state index contributed by atoms with van der Waals surface area (Å²) in [7, 11) is 0. The molecule has 4 nitrogen and oxygen atoms in total. The van der Waals surface area contributed by atoms with Crippen LogP contribution in [0, 0.1) is 17.6 Å². The molecule has 0 fully saturated rings. The molecule has 0 aliphatic carbocycles. The van der Waals surface area contributed by atoms with Crippen LogP contribution in [0.25, 0.3) is 0 Å². The minimum Gasteiger partial charge on any atom is -0.480 e. The molecular weight excluding hydrogens is 268 g/mol. The molecule has 20 heavy (non-hydrogen) atoms. The highest BCUT2D eigenvalue weighted by Gasteiger charge is 2.21. The zero-order valence-electron chi connectivity index (χ0n) is 11.3. The van der Waals surface area contributed by atoms with Crippen molar-refractivity contribution in [2.75, 3.05) is 0 Å². The Labute approximate surface area is 115 Å². The normalized spacial score (nSPS) is 12.2. The first-order chi connectivity index (χ1) is 9.29. The molecular formula is C14H17F2NO3. The number of amides is 1. The summed E-state index contributed by atoms with van der Waals surface area (Å²) in [5.41, 5.74) is 0.287. The van der Waals surface area contributed by atoms with Gasteiger partial charge in [-0.1, -0.05) is 19.9 Å². The van der Waals surface area contributed by atoms with E-state index in [-0.39, 0.29) is 17.9 Å². The summed E-state index contributed by atoms with van der Waals surface area (Å²) in [4.78, 5) is 22.7. The third kappa shape index (κ3) is 4.95. The van der Waals surface area contributed by atoms with Crippen molar-refractivity contribution in [2.45, 2.75) is 32.7 Å². The van der Waals surface area contributed by atoms with Crippen molar-refractivity contribution >= 4 is 11.9 Å². The van der Waals surface area contributed by atoms with Gasteiger partial charge in [-0.3, -0.25) is 4.79 Å². The summed E-state index contributed by atoms with van der Waals surface area (Å²) < 4.78 is 25.7. The first kappa shape index (κ1) is 16.1. The third-order valence-corrected chi connectivity index (χ3v) is 2.69. The number of carboxylic acids is 1. The van der Waals surface area contributed by atoms with Crippen LogP contribution in [0.2, 0.25) is 0 Å². The molecule has 1 aromatic rings. The number of rotatable bonds is 6. The number of hydrogen-bond acceptors (Lipinski definition) is 2. The van der Waals surface area contributed by atoms with E-state index in [1.165, 1.54) is 6.07 Å². The highest BCUT2D eigenvalue weighted by molar-refractivity contribution is 5.84. The highest BCUT2D eigenvalue weighted by atomic mass is 19.2. The van der Waals surface area contributed by atoms with Crippen molar-refractivity contribution in [3.8, 4) is 0 Å². The van der Waals surface area contributed by atoms with Crippen LogP contribution >= 0.6 is 0 Å². The largest absolute Gasteiger partial charge is 0.480 e. The van der Waals surface area contributed by atoms with Gasteiger partial charge < -0.3 is 10.4 Å². The van der Waals surface area contributed by atoms with E-state index in [9.17, 15) is 18.4 Å². The van der Waals surface area contributed by atoms with Gasteiger partial charge in [0.25, 0.3) is 0 Å². The topological polar surface area (TPSA) is 66.4 Å². The van der Waals surface area contributed by atoms with Crippen molar-refractivity contribution in [3.05, 3.63) is 35.4 Å². The van der Waals surface area contributed by atoms with Crippen LogP contribution in [-0.4, -0.2) is 23.0 Å². The summed E-state index contributed by atoms with van der Waals surface area (Å²) in [5, 5.41) is 11.4. The molecule has 0 unspecified atom stereocenters. The number of carbonyl (C=O) groups is 2. The fraction of sp³-hybridized carbons (Fsp3) is 0.429. The number of hydrogen-bond donors (Lipinski definition) is 2. The molecule has 0 saturated heterocycles. The molecule has 0 spiro atoms. The van der Waals surface area contributed by atoms with E-state index in [1.54, 1.807) is 0 Å². The Bertz CT molecular complexity index is 503. The molecule has 0 radical (unpaired) electrons. The molecule has 0 aromatic heterocycles. The summed E-state index contributed by atoms with van der Waals surface area (Å²) in [5.74, 6) is -3.56. The van der Waals surface area contributed by atoms with Gasteiger partial charge in [-0.15, -0.1) is 0 Å². The number of carbonyl (C=O) groups excluding carboxylic acids is 1. The van der Waals surface area contributed by atoms with Crippen LogP contribution in [0.1, 0.15) is 25.8 Å². The summed E-state index contributed by atoms with van der Waals surface area (Å²) in [6.45, 7) is 3.69. The van der Waals surface area contributed by atoms with Crippen LogP contribution in [0.4, 0.5) is 8.78 Å². The lowest BCUT2D eigenvalue weighted by atomic mass is 10.0. The monoisotopic (exact) mass is 285 g/mol. The van der Waals surface area contributed by atoms with Gasteiger partial charge in [-0.2, -0.15) is 0 Å². The second kappa shape index (κ2) is 6.98. The third-order valence-electron chi connectivity index (χ3n) is 2.69. The van der Waals surface area contributed by atoms with Gasteiger partial charge in [0.1, 0.15) is 6.04 Å². The minimum absolute atomic E-state index is 0.111. The molecule has 1 atom stereocenters. The van der Waals surface area contributed by atoms with Gasteiger partial charge in [0.15, 0.2) is 11.6 Å². The lowest BCUT2D eigenvalue weighted by molar-refractivity contribution is -0.142. The molecule has 0 aliphatic heterocycles. The maximum Gasteiger partial charge on any atom is 0.326 e. The maximum absolute atomic E-state index is 13.0. The quantitative estimate of drug-likeness (QED) is 0.841. The molecule has 1 rings (SSSR count). The standard InChI is InChI=1S/C14H17F2NO3/c1-8(2)5-12(14(19)20)17-13(18)7-9-3-4-10(15)11(16)6-9/h3-4,6,8,12H,5,7H2,1-2H3,(H,17,18)(H,19,20)/t12-/m0/s1. The summed E-state index contributed by atoms with van der Waals surface area (Å²) in [6.07, 6.45) is 0.109. The number of aliphatic carboxylic acids is 1. The molecule has 2 N–H and O–H groups in total. The van der Waals surface area contributed by atoms with Gasteiger partial charge in [-0.05, 0) is 30.0 Å². The van der Waals surface area contributed by atoms with E-state index >= 15 is 0 Å². The first-order valence-corrected chi connectivity index (χ1v) is 6.25. The number of halogens is 2. The summed E-state index contributed by atoms with van der Waals surface area (Å²) in [6, 6.07) is 2.16. The van der Waals surface area contributed by atoms with E-state index in [2.05, 4.69) is 5.32 Å². The second-order valence-electron chi connectivity index (χ2n) is 5.01.